The lowest BCUT2D eigenvalue weighted by atomic mass is 10.00. The minimum absolute atomic E-state index is 0.00291. The summed E-state index contributed by atoms with van der Waals surface area (Å²) in [6.45, 7) is 3.40. The molecule has 4 aromatic carbocycles. The summed E-state index contributed by atoms with van der Waals surface area (Å²) in [5, 5.41) is 23.5. The molecular weight excluding hydrogens is 539 g/mol. The van der Waals surface area contributed by atoms with Gasteiger partial charge in [0.2, 0.25) is 5.79 Å². The lowest BCUT2D eigenvalue weighted by Crippen LogP contribution is -2.39. The van der Waals surface area contributed by atoms with Crippen LogP contribution in [0, 0.1) is 0 Å². The van der Waals surface area contributed by atoms with Crippen molar-refractivity contribution in [3.63, 3.8) is 0 Å². The van der Waals surface area contributed by atoms with Crippen LogP contribution in [-0.4, -0.2) is 39.9 Å². The van der Waals surface area contributed by atoms with Crippen molar-refractivity contribution in [2.45, 2.75) is 32.5 Å². The highest BCUT2D eigenvalue weighted by atomic mass is 35.5. The van der Waals surface area contributed by atoms with Crippen LogP contribution in [-0.2, 0) is 31.9 Å². The normalized spacial score (nSPS) is 15.3. The van der Waals surface area contributed by atoms with E-state index >= 15 is 0 Å². The fourth-order valence-electron chi connectivity index (χ4n) is 4.16. The fraction of sp³-hybridized carbons (Fsp3) is 0.226. The number of aliphatic hydroxyl groups excluding tert-OH is 1. The van der Waals surface area contributed by atoms with Crippen molar-refractivity contribution in [2.75, 3.05) is 11.9 Å². The number of rotatable bonds is 4. The summed E-state index contributed by atoms with van der Waals surface area (Å²) < 4.78 is 10.6. The molecule has 0 spiro atoms. The van der Waals surface area contributed by atoms with Crippen LogP contribution in [0.2, 0.25) is 0 Å². The topological polar surface area (TPSA) is 93.1 Å². The molecule has 0 atom stereocenters. The van der Waals surface area contributed by atoms with Crippen LogP contribution in [0.5, 0.6) is 0 Å². The molecule has 6 nitrogen and oxygen atoms in total. The van der Waals surface area contributed by atoms with Crippen molar-refractivity contribution in [3.05, 3.63) is 107 Å². The number of halogens is 2. The first-order valence-corrected chi connectivity index (χ1v) is 13.3. The number of aliphatic carboxylic acids is 1. The maximum absolute atomic E-state index is 12.0. The Bertz CT molecular complexity index is 1470. The van der Waals surface area contributed by atoms with E-state index in [1.807, 2.05) is 84.9 Å². The van der Waals surface area contributed by atoms with E-state index in [0.717, 1.165) is 32.7 Å². The van der Waals surface area contributed by atoms with E-state index in [4.69, 9.17) is 37.8 Å². The predicted molar refractivity (Wildman–Crippen MR) is 155 cm³/mol. The molecule has 2 N–H and O–H groups in total. The molecule has 39 heavy (non-hydrogen) atoms. The first-order valence-electron chi connectivity index (χ1n) is 12.2. The van der Waals surface area contributed by atoms with Crippen molar-refractivity contribution in [3.8, 4) is 0 Å². The van der Waals surface area contributed by atoms with E-state index in [2.05, 4.69) is 0 Å². The highest BCUT2D eigenvalue weighted by molar-refractivity contribution is 6.40. The molecule has 1 fully saturated rings. The van der Waals surface area contributed by atoms with Crippen molar-refractivity contribution >= 4 is 56.7 Å². The zero-order valence-electron chi connectivity index (χ0n) is 21.7. The van der Waals surface area contributed by atoms with Crippen LogP contribution in [0.25, 0.3) is 21.5 Å². The van der Waals surface area contributed by atoms with E-state index in [0.29, 0.717) is 0 Å². The van der Waals surface area contributed by atoms with E-state index in [1.165, 1.54) is 0 Å². The van der Waals surface area contributed by atoms with Gasteiger partial charge in [-0.25, -0.2) is 4.79 Å². The van der Waals surface area contributed by atoms with Gasteiger partial charge in [0.25, 0.3) is 0 Å². The number of aliphatic hydroxyl groups is 1. The van der Waals surface area contributed by atoms with Gasteiger partial charge in [-0.1, -0.05) is 84.9 Å². The molecule has 0 radical (unpaired) electrons. The molecular formula is C31H30Cl2O6. The Balaban J connectivity index is 0.000000212. The van der Waals surface area contributed by atoms with Crippen LogP contribution in [0.1, 0.15) is 25.0 Å². The number of carbonyl (C=O) groups is 2. The van der Waals surface area contributed by atoms with E-state index in [1.54, 1.807) is 13.8 Å². The van der Waals surface area contributed by atoms with Gasteiger partial charge in [0.1, 0.15) is 11.3 Å². The summed E-state index contributed by atoms with van der Waals surface area (Å²) in [6, 6.07) is 27.4. The smallest absolute Gasteiger partial charge is 0.342 e. The molecule has 0 unspecified atom stereocenters. The molecule has 4 aromatic rings. The van der Waals surface area contributed by atoms with Crippen LogP contribution in [0.4, 0.5) is 0 Å². The van der Waals surface area contributed by atoms with Gasteiger partial charge in [-0.05, 0) is 32.7 Å². The average Bonchev–Trinajstić information content (AvgIpc) is 2.89. The summed E-state index contributed by atoms with van der Waals surface area (Å²) >= 11 is 9.53. The number of carboxylic acid groups (broad SMARTS) is 1. The number of esters is 1. The number of carbonyl (C=O) groups excluding carboxylic acids is 1. The monoisotopic (exact) mass is 568 g/mol. The van der Waals surface area contributed by atoms with Gasteiger partial charge in [0, 0.05) is 20.3 Å². The Morgan fingerprint density at radius 1 is 0.795 bits per heavy atom. The molecule has 1 heterocycles. The van der Waals surface area contributed by atoms with Gasteiger partial charge in [-0.2, -0.15) is 0 Å². The maximum atomic E-state index is 12.0. The minimum Gasteiger partial charge on any atom is -0.511 e. The summed E-state index contributed by atoms with van der Waals surface area (Å²) in [5.74, 6) is -2.26. The molecule has 0 saturated carbocycles. The molecule has 0 amide bonds. The van der Waals surface area contributed by atoms with Crippen molar-refractivity contribution in [2.24, 2.45) is 0 Å². The fourth-order valence-corrected chi connectivity index (χ4v) is 4.16. The molecule has 0 bridgehead atoms. The van der Waals surface area contributed by atoms with E-state index in [9.17, 15) is 14.7 Å². The zero-order valence-corrected chi connectivity index (χ0v) is 23.2. The summed E-state index contributed by atoms with van der Waals surface area (Å²) in [4.78, 5) is 22.6. The predicted octanol–water partition coefficient (Wildman–Crippen LogP) is 7.39. The van der Waals surface area contributed by atoms with Gasteiger partial charge >= 0.3 is 11.9 Å². The zero-order chi connectivity index (χ0) is 28.4. The largest absolute Gasteiger partial charge is 0.511 e. The lowest BCUT2D eigenvalue weighted by molar-refractivity contribution is -0.224. The first-order chi connectivity index (χ1) is 18.6. The third kappa shape index (κ3) is 8.45. The molecule has 1 saturated heterocycles. The second kappa shape index (κ2) is 14.0. The van der Waals surface area contributed by atoms with Crippen molar-refractivity contribution in [1.29, 1.82) is 0 Å². The van der Waals surface area contributed by atoms with Gasteiger partial charge in [0.15, 0.2) is 0 Å². The van der Waals surface area contributed by atoms with Crippen LogP contribution in [0.3, 0.4) is 0 Å². The molecule has 0 aliphatic carbocycles. The second-order valence-electron chi connectivity index (χ2n) is 9.13. The number of carboxylic acids is 1. The number of fused-ring (bicyclic) bond motifs is 2. The highest BCUT2D eigenvalue weighted by Crippen LogP contribution is 2.26. The standard InChI is InChI=1S/C18H18O4.C12H10O2.CH2Cl2/c1-18(2)21-11-15(17(20)22-18)16(19)10-13-8-5-7-12-6-3-4-9-14(12)13;13-12(14)8-10-6-3-5-9-4-1-2-7-11(9)10;2-1-3/h3-9,19H,10-11H2,1-2H3;1-7H,8H2,(H,13,14);1H2/b16-15+;;. The Hall–Kier alpha value is -3.58. The Kier molecular flexibility index (Phi) is 10.8. The number of hydrogen-bond acceptors (Lipinski definition) is 5. The quantitative estimate of drug-likeness (QED) is 0.115. The highest BCUT2D eigenvalue weighted by Gasteiger charge is 2.33. The maximum Gasteiger partial charge on any atom is 0.342 e. The molecule has 204 valence electrons. The van der Waals surface area contributed by atoms with Crippen LogP contribution >= 0.6 is 23.2 Å². The third-order valence-electron chi connectivity index (χ3n) is 5.96. The molecule has 1 aliphatic heterocycles. The van der Waals surface area contributed by atoms with Crippen molar-refractivity contribution in [1.82, 2.24) is 0 Å². The number of ether oxygens (including phenoxy) is 2. The molecule has 8 heteroatoms. The first kappa shape index (κ1) is 30.0. The van der Waals surface area contributed by atoms with Crippen LogP contribution < -0.4 is 0 Å². The number of alkyl halides is 2. The lowest BCUT2D eigenvalue weighted by Gasteiger charge is -2.31. The summed E-state index contributed by atoms with van der Waals surface area (Å²) in [5.41, 5.74) is 2.02. The van der Waals surface area contributed by atoms with Crippen LogP contribution in [0.15, 0.2) is 96.3 Å². The van der Waals surface area contributed by atoms with Gasteiger partial charge < -0.3 is 19.7 Å². The Labute approximate surface area is 237 Å². The van der Waals surface area contributed by atoms with Crippen molar-refractivity contribution < 1.29 is 29.3 Å². The second-order valence-corrected chi connectivity index (χ2v) is 9.94. The summed E-state index contributed by atoms with van der Waals surface area (Å²) in [6.07, 6.45) is 0.358. The molecule has 5 rings (SSSR count). The third-order valence-corrected chi connectivity index (χ3v) is 5.96. The molecule has 1 aliphatic rings. The van der Waals surface area contributed by atoms with Gasteiger partial charge in [-0.15, -0.1) is 23.2 Å². The number of benzene rings is 4. The Morgan fingerprint density at radius 2 is 1.26 bits per heavy atom. The summed E-state index contributed by atoms with van der Waals surface area (Å²) in [7, 11) is 0. The number of hydrogen-bond donors (Lipinski definition) is 2. The Morgan fingerprint density at radius 3 is 1.74 bits per heavy atom. The number of allylic oxidation sites excluding steroid dienone is 1. The average molecular weight is 569 g/mol. The SMILES string of the molecule is CC1(C)OC/C(=C(\O)Cc2cccc3ccccc23)C(=O)O1.ClCCl.O=C(O)Cc1cccc2ccccc12. The van der Waals surface area contributed by atoms with E-state index in [-0.39, 0.29) is 36.1 Å². The van der Waals surface area contributed by atoms with Gasteiger partial charge in [0.05, 0.1) is 18.4 Å². The van der Waals surface area contributed by atoms with Gasteiger partial charge in [-0.3, -0.25) is 4.79 Å². The minimum atomic E-state index is -0.944. The van der Waals surface area contributed by atoms with E-state index < -0.39 is 17.7 Å². The number of cyclic esters (lactones) is 1. The molecule has 0 aromatic heterocycles.